The molecule has 2 aromatic rings. The summed E-state index contributed by atoms with van der Waals surface area (Å²) >= 11 is 3.37. The second kappa shape index (κ2) is 5.40. The smallest absolute Gasteiger partial charge is 0.247 e. The number of primary amides is 1. The number of carbonyl (C=O) groups excluding carboxylic acids is 1. The van der Waals surface area contributed by atoms with Crippen LogP contribution < -0.4 is 11.1 Å². The molecule has 2 rings (SSSR count). The summed E-state index contributed by atoms with van der Waals surface area (Å²) in [5, 5.41) is 3.16. The van der Waals surface area contributed by atoms with E-state index in [-0.39, 0.29) is 0 Å². The molecule has 1 amide bonds. The molecule has 5 heteroatoms. The van der Waals surface area contributed by atoms with E-state index < -0.39 is 11.4 Å². The molecule has 0 aliphatic heterocycles. The van der Waals surface area contributed by atoms with E-state index in [1.165, 1.54) is 0 Å². The number of benzene rings is 1. The van der Waals surface area contributed by atoms with Crippen molar-refractivity contribution in [1.29, 1.82) is 0 Å². The molecular weight excluding hydrogens is 306 g/mol. The molecule has 0 spiro atoms. The molecule has 0 aliphatic carbocycles. The van der Waals surface area contributed by atoms with Crippen LogP contribution in [0.15, 0.2) is 53.3 Å². The Morgan fingerprint density at radius 1 is 1.32 bits per heavy atom. The molecule has 0 saturated heterocycles. The molecule has 4 nitrogen and oxygen atoms in total. The van der Waals surface area contributed by atoms with E-state index in [2.05, 4.69) is 26.2 Å². The van der Waals surface area contributed by atoms with Crippen molar-refractivity contribution in [2.45, 2.75) is 12.5 Å². The zero-order valence-corrected chi connectivity index (χ0v) is 12.0. The third-order valence-corrected chi connectivity index (χ3v) is 3.50. The molecule has 1 atom stereocenters. The lowest BCUT2D eigenvalue weighted by Gasteiger charge is -2.28. The molecule has 0 fully saturated rings. The Morgan fingerprint density at radius 3 is 2.53 bits per heavy atom. The van der Waals surface area contributed by atoms with Gasteiger partial charge in [0, 0.05) is 28.1 Å². The zero-order valence-electron chi connectivity index (χ0n) is 10.4. The van der Waals surface area contributed by atoms with Crippen LogP contribution in [0, 0.1) is 0 Å². The third kappa shape index (κ3) is 2.93. The van der Waals surface area contributed by atoms with Crippen LogP contribution in [0.5, 0.6) is 0 Å². The number of nitrogens with zero attached hydrogens (tertiary/aromatic N) is 1. The normalized spacial score (nSPS) is 13.6. The number of nitrogens with two attached hydrogens (primary N) is 1. The second-order valence-corrected chi connectivity index (χ2v) is 5.28. The number of hydrogen-bond donors (Lipinski definition) is 2. The highest BCUT2D eigenvalue weighted by atomic mass is 79.9. The molecule has 0 radical (unpaired) electrons. The highest BCUT2D eigenvalue weighted by Crippen LogP contribution is 2.26. The van der Waals surface area contributed by atoms with Crippen molar-refractivity contribution >= 4 is 27.5 Å². The van der Waals surface area contributed by atoms with Gasteiger partial charge in [0.05, 0.1) is 0 Å². The van der Waals surface area contributed by atoms with Gasteiger partial charge in [-0.05, 0) is 37.3 Å². The zero-order chi connectivity index (χ0) is 13.9. The quantitative estimate of drug-likeness (QED) is 0.910. The van der Waals surface area contributed by atoms with Gasteiger partial charge in [-0.15, -0.1) is 0 Å². The van der Waals surface area contributed by atoms with Crippen molar-refractivity contribution in [2.75, 3.05) is 5.32 Å². The van der Waals surface area contributed by atoms with Crippen LogP contribution in [0.3, 0.4) is 0 Å². The van der Waals surface area contributed by atoms with Crippen LogP contribution >= 0.6 is 15.9 Å². The minimum Gasteiger partial charge on any atom is -0.368 e. The molecule has 1 unspecified atom stereocenters. The number of rotatable bonds is 4. The van der Waals surface area contributed by atoms with Gasteiger partial charge in [-0.2, -0.15) is 0 Å². The lowest BCUT2D eigenvalue weighted by Crippen LogP contribution is -2.45. The van der Waals surface area contributed by atoms with Gasteiger partial charge in [-0.1, -0.05) is 22.0 Å². The van der Waals surface area contributed by atoms with Gasteiger partial charge < -0.3 is 11.1 Å². The minimum absolute atomic E-state index is 0.455. The minimum atomic E-state index is -0.998. The van der Waals surface area contributed by atoms with Crippen molar-refractivity contribution in [1.82, 2.24) is 4.98 Å². The summed E-state index contributed by atoms with van der Waals surface area (Å²) < 4.78 is 0.972. The molecule has 0 bridgehead atoms. The first-order chi connectivity index (χ1) is 9.02. The molecular formula is C14H14BrN3O. The lowest BCUT2D eigenvalue weighted by atomic mass is 9.92. The number of amides is 1. The highest BCUT2D eigenvalue weighted by molar-refractivity contribution is 9.10. The lowest BCUT2D eigenvalue weighted by molar-refractivity contribution is -0.122. The number of nitrogens with one attached hydrogen (secondary N) is 1. The van der Waals surface area contributed by atoms with Crippen LogP contribution in [0.2, 0.25) is 0 Å². The van der Waals surface area contributed by atoms with Gasteiger partial charge in [-0.3, -0.25) is 9.78 Å². The standard InChI is InChI=1S/C14H14BrN3O/c1-14(13(16)19,10-3-2-8-17-9-10)18-12-6-4-11(15)5-7-12/h2-9,18H,1H3,(H2,16,19). The second-order valence-electron chi connectivity index (χ2n) is 4.36. The number of hydrogen-bond acceptors (Lipinski definition) is 3. The fourth-order valence-corrected chi connectivity index (χ4v) is 2.02. The van der Waals surface area contributed by atoms with E-state index in [1.807, 2.05) is 30.3 Å². The van der Waals surface area contributed by atoms with Crippen molar-refractivity contribution in [3.8, 4) is 0 Å². The Labute approximate surface area is 120 Å². The Kier molecular flexibility index (Phi) is 3.85. The largest absolute Gasteiger partial charge is 0.368 e. The number of halogens is 1. The molecule has 0 saturated carbocycles. The van der Waals surface area contributed by atoms with Gasteiger partial charge in [0.25, 0.3) is 0 Å². The fourth-order valence-electron chi connectivity index (χ4n) is 1.76. The van der Waals surface area contributed by atoms with E-state index in [4.69, 9.17) is 5.73 Å². The summed E-state index contributed by atoms with van der Waals surface area (Å²) in [7, 11) is 0. The SMILES string of the molecule is CC(Nc1ccc(Br)cc1)(C(N)=O)c1cccnc1. The molecule has 1 aromatic heterocycles. The van der Waals surface area contributed by atoms with E-state index in [0.29, 0.717) is 0 Å². The van der Waals surface area contributed by atoms with Gasteiger partial charge in [0.1, 0.15) is 5.54 Å². The number of aromatic nitrogens is 1. The molecule has 1 aromatic carbocycles. The third-order valence-electron chi connectivity index (χ3n) is 2.97. The Hall–Kier alpha value is -1.88. The number of pyridine rings is 1. The summed E-state index contributed by atoms with van der Waals surface area (Å²) in [5.41, 5.74) is 6.08. The predicted molar refractivity (Wildman–Crippen MR) is 78.5 cm³/mol. The maximum absolute atomic E-state index is 11.8. The summed E-state index contributed by atoms with van der Waals surface area (Å²) in [6, 6.07) is 11.1. The Bertz CT molecular complexity index is 571. The summed E-state index contributed by atoms with van der Waals surface area (Å²) in [6.45, 7) is 1.74. The molecule has 98 valence electrons. The highest BCUT2D eigenvalue weighted by Gasteiger charge is 2.33. The monoisotopic (exact) mass is 319 g/mol. The predicted octanol–water partition coefficient (Wildman–Crippen LogP) is 2.66. The number of anilines is 1. The van der Waals surface area contributed by atoms with Gasteiger partial charge in [0.2, 0.25) is 5.91 Å². The van der Waals surface area contributed by atoms with Gasteiger partial charge >= 0.3 is 0 Å². The van der Waals surface area contributed by atoms with Crippen LogP contribution in [-0.2, 0) is 10.3 Å². The number of carbonyl (C=O) groups is 1. The molecule has 3 N–H and O–H groups in total. The van der Waals surface area contributed by atoms with Gasteiger partial charge in [-0.25, -0.2) is 0 Å². The molecule has 0 aliphatic rings. The fraction of sp³-hybridized carbons (Fsp3) is 0.143. The first kappa shape index (κ1) is 13.5. The maximum Gasteiger partial charge on any atom is 0.247 e. The molecule has 1 heterocycles. The molecule has 19 heavy (non-hydrogen) atoms. The van der Waals surface area contributed by atoms with E-state index in [0.717, 1.165) is 15.7 Å². The summed E-state index contributed by atoms with van der Waals surface area (Å²) in [5.74, 6) is -0.455. The van der Waals surface area contributed by atoms with E-state index in [9.17, 15) is 4.79 Å². The maximum atomic E-state index is 11.8. The first-order valence-corrected chi connectivity index (χ1v) is 6.56. The summed E-state index contributed by atoms with van der Waals surface area (Å²) in [4.78, 5) is 15.8. The van der Waals surface area contributed by atoms with E-state index >= 15 is 0 Å². The van der Waals surface area contributed by atoms with Crippen molar-refractivity contribution in [2.24, 2.45) is 5.73 Å². The average Bonchev–Trinajstić information content (AvgIpc) is 2.42. The summed E-state index contributed by atoms with van der Waals surface area (Å²) in [6.07, 6.45) is 3.29. The van der Waals surface area contributed by atoms with Crippen molar-refractivity contribution in [3.63, 3.8) is 0 Å². The average molecular weight is 320 g/mol. The van der Waals surface area contributed by atoms with Crippen LogP contribution in [0.25, 0.3) is 0 Å². The topological polar surface area (TPSA) is 68.0 Å². The Morgan fingerprint density at radius 2 is 2.00 bits per heavy atom. The van der Waals surface area contributed by atoms with Crippen LogP contribution in [0.4, 0.5) is 5.69 Å². The first-order valence-electron chi connectivity index (χ1n) is 5.76. The van der Waals surface area contributed by atoms with E-state index in [1.54, 1.807) is 25.4 Å². The Balaban J connectivity index is 2.36. The van der Waals surface area contributed by atoms with Crippen molar-refractivity contribution < 1.29 is 4.79 Å². The van der Waals surface area contributed by atoms with Crippen molar-refractivity contribution in [3.05, 3.63) is 58.8 Å². The van der Waals surface area contributed by atoms with Crippen LogP contribution in [0.1, 0.15) is 12.5 Å². The van der Waals surface area contributed by atoms with Crippen LogP contribution in [-0.4, -0.2) is 10.9 Å². The van der Waals surface area contributed by atoms with Gasteiger partial charge in [0.15, 0.2) is 0 Å².